The molecule has 11 atom stereocenters. The highest BCUT2D eigenvalue weighted by atomic mass is 79.9. The van der Waals surface area contributed by atoms with Gasteiger partial charge in [0.2, 0.25) is 0 Å². The largest absolute Gasteiger partial charge is 0.465 e. The van der Waals surface area contributed by atoms with Gasteiger partial charge in [0.05, 0.1) is 41.7 Å². The molecule has 4 rings (SSSR count). The molecule has 4 aliphatic carbocycles. The van der Waals surface area contributed by atoms with Crippen LogP contribution in [0.25, 0.3) is 0 Å². The Bertz CT molecular complexity index is 1060. The fourth-order valence-electron chi connectivity index (χ4n) is 9.24. The predicted molar refractivity (Wildman–Crippen MR) is 160 cm³/mol. The first kappa shape index (κ1) is 34.0. The van der Waals surface area contributed by atoms with Gasteiger partial charge in [0, 0.05) is 11.3 Å². The minimum atomic E-state index is -1.54. The van der Waals surface area contributed by atoms with E-state index in [0.717, 1.165) is 0 Å². The lowest BCUT2D eigenvalue weighted by Crippen LogP contribution is -2.62. The summed E-state index contributed by atoms with van der Waals surface area (Å²) in [6.45, 7) is 7.57. The molecule has 0 aromatic carbocycles. The van der Waals surface area contributed by atoms with E-state index in [1.807, 2.05) is 13.8 Å². The van der Waals surface area contributed by atoms with Crippen LogP contribution in [0.3, 0.4) is 0 Å². The van der Waals surface area contributed by atoms with Crippen LogP contribution in [0.15, 0.2) is 11.6 Å². The number of ketones is 1. The van der Waals surface area contributed by atoms with Gasteiger partial charge in [-0.3, -0.25) is 9.59 Å². The fourth-order valence-corrected chi connectivity index (χ4v) is 9.40. The van der Waals surface area contributed by atoms with E-state index in [-0.39, 0.29) is 48.9 Å². The molecule has 0 aromatic rings. The minimum absolute atomic E-state index is 0.118. The quantitative estimate of drug-likeness (QED) is 0.111. The number of fused-ring (bicyclic) bond motifs is 5. The number of allylic oxidation sites excluding steroid dienone is 1. The second-order valence-electron chi connectivity index (χ2n) is 14.7. The van der Waals surface area contributed by atoms with E-state index >= 15 is 0 Å². The number of esters is 1. The Morgan fingerprint density at radius 2 is 1.79 bits per heavy atom. The Morgan fingerprint density at radius 3 is 2.45 bits per heavy atom. The van der Waals surface area contributed by atoms with Crippen molar-refractivity contribution >= 4 is 27.7 Å². The number of hydrogen-bond acceptors (Lipinski definition) is 9. The van der Waals surface area contributed by atoms with Gasteiger partial charge in [-0.15, -0.1) is 0 Å². The number of rotatable bonds is 11. The molecule has 1 unspecified atom stereocenters. The van der Waals surface area contributed by atoms with Gasteiger partial charge in [-0.25, -0.2) is 0 Å². The Labute approximate surface area is 257 Å². The zero-order valence-electron chi connectivity index (χ0n) is 25.5. The van der Waals surface area contributed by atoms with E-state index in [1.165, 1.54) is 0 Å². The van der Waals surface area contributed by atoms with Gasteiger partial charge in [-0.05, 0) is 113 Å². The fraction of sp³-hybridized carbons (Fsp3) is 0.875. The topological polar surface area (TPSA) is 165 Å². The first-order valence-corrected chi connectivity index (χ1v) is 16.7. The van der Waals surface area contributed by atoms with Gasteiger partial charge in [0.1, 0.15) is 5.33 Å². The summed E-state index contributed by atoms with van der Waals surface area (Å²) in [4.78, 5) is 24.6. The summed E-state index contributed by atoms with van der Waals surface area (Å²) < 4.78 is 5.04. The third-order valence-corrected chi connectivity index (χ3v) is 12.4. The van der Waals surface area contributed by atoms with E-state index in [9.17, 15) is 40.2 Å². The van der Waals surface area contributed by atoms with Crippen molar-refractivity contribution in [2.24, 2.45) is 28.6 Å². The van der Waals surface area contributed by atoms with Crippen LogP contribution in [0.2, 0.25) is 0 Å². The average molecular weight is 660 g/mol. The average Bonchev–Trinajstić information content (AvgIpc) is 3.20. The summed E-state index contributed by atoms with van der Waals surface area (Å²) in [5, 5.41) is 67.4. The summed E-state index contributed by atoms with van der Waals surface area (Å²) in [5.41, 5.74) is -4.61. The lowest BCUT2D eigenvalue weighted by molar-refractivity contribution is -0.177. The normalized spacial score (nSPS) is 41.5. The number of aliphatic hydroxyl groups is 6. The molecule has 0 radical (unpaired) electrons. The van der Waals surface area contributed by atoms with Crippen LogP contribution in [-0.2, 0) is 14.3 Å². The van der Waals surface area contributed by atoms with Gasteiger partial charge < -0.3 is 35.4 Å². The molecule has 0 spiro atoms. The summed E-state index contributed by atoms with van der Waals surface area (Å²) >= 11 is 3.05. The zero-order chi connectivity index (χ0) is 31.3. The SMILES string of the molecule is C[C@](O)(CCCCOC(=O)CBr)CC[C@@H](O)[C@](C)(O)[C@H]1CC[C@@]2(O)C3=CC(=O)C4C[C@@H](O)[C@@H](O)C[C@]4(C)[C@H]3CC[C@]12C. The van der Waals surface area contributed by atoms with Gasteiger partial charge >= 0.3 is 5.97 Å². The Balaban J connectivity index is 1.44. The molecule has 4 aliphatic rings. The Kier molecular flexibility index (Phi) is 9.83. The highest BCUT2D eigenvalue weighted by molar-refractivity contribution is 9.09. The molecule has 42 heavy (non-hydrogen) atoms. The second-order valence-corrected chi connectivity index (χ2v) is 15.2. The molecular weight excluding hydrogens is 608 g/mol. The van der Waals surface area contributed by atoms with E-state index in [4.69, 9.17) is 4.74 Å². The van der Waals surface area contributed by atoms with Crippen LogP contribution < -0.4 is 0 Å². The van der Waals surface area contributed by atoms with Crippen molar-refractivity contribution in [1.29, 1.82) is 0 Å². The number of hydrogen-bond donors (Lipinski definition) is 6. The second kappa shape index (κ2) is 12.1. The van der Waals surface area contributed by atoms with Crippen LogP contribution >= 0.6 is 15.9 Å². The van der Waals surface area contributed by atoms with Crippen molar-refractivity contribution in [3.8, 4) is 0 Å². The predicted octanol–water partition coefficient (Wildman–Crippen LogP) is 2.94. The standard InChI is InChI=1S/C32H51BrO9/c1-28(39,10-5-6-14-42-27(38)18-33)11-9-26(37)31(4,40)25-8-13-32(41)20-15-22(34)21-16-23(35)24(36)17-29(21,2)19(20)7-12-30(25,32)3/h15,19,21,23-26,35-37,39-41H,5-14,16-18H2,1-4H3/t19-,21?,23+,24-,25-,26+,28-,29+,30+,31+,32+/m0/s1. The van der Waals surface area contributed by atoms with Crippen molar-refractivity contribution < 1.29 is 45.0 Å². The van der Waals surface area contributed by atoms with Crippen LogP contribution in [0.5, 0.6) is 0 Å². The first-order valence-electron chi connectivity index (χ1n) is 15.6. The highest BCUT2D eigenvalue weighted by Gasteiger charge is 2.69. The van der Waals surface area contributed by atoms with Gasteiger partial charge in [0.25, 0.3) is 0 Å². The molecule has 0 saturated heterocycles. The maximum absolute atomic E-state index is 13.4. The summed E-state index contributed by atoms with van der Waals surface area (Å²) in [7, 11) is 0. The van der Waals surface area contributed by atoms with Crippen LogP contribution in [0, 0.1) is 28.6 Å². The Morgan fingerprint density at radius 1 is 1.10 bits per heavy atom. The van der Waals surface area contributed by atoms with E-state index in [0.29, 0.717) is 56.9 Å². The molecule has 0 amide bonds. The van der Waals surface area contributed by atoms with Crippen molar-refractivity contribution in [1.82, 2.24) is 0 Å². The van der Waals surface area contributed by atoms with Gasteiger partial charge in [-0.1, -0.05) is 29.8 Å². The third-order valence-electron chi connectivity index (χ3n) is 11.9. The summed E-state index contributed by atoms with van der Waals surface area (Å²) in [5.74, 6) is -1.42. The first-order chi connectivity index (χ1) is 19.4. The number of halogens is 1. The molecule has 3 fully saturated rings. The van der Waals surface area contributed by atoms with Crippen molar-refractivity contribution in [2.75, 3.05) is 11.9 Å². The number of alkyl halides is 1. The van der Waals surface area contributed by atoms with Crippen molar-refractivity contribution in [2.45, 2.75) is 133 Å². The van der Waals surface area contributed by atoms with Gasteiger partial charge in [0.15, 0.2) is 5.78 Å². The van der Waals surface area contributed by atoms with Gasteiger partial charge in [-0.2, -0.15) is 0 Å². The summed E-state index contributed by atoms with van der Waals surface area (Å²) in [6, 6.07) is 0. The molecule has 9 nitrogen and oxygen atoms in total. The third kappa shape index (κ3) is 5.90. The number of ether oxygens (including phenoxy) is 1. The maximum Gasteiger partial charge on any atom is 0.316 e. The van der Waals surface area contributed by atoms with Crippen molar-refractivity contribution in [3.05, 3.63) is 11.6 Å². The van der Waals surface area contributed by atoms with Crippen LogP contribution in [0.4, 0.5) is 0 Å². The molecule has 240 valence electrons. The molecule has 3 saturated carbocycles. The molecule has 10 heteroatoms. The molecule has 0 bridgehead atoms. The van der Waals surface area contributed by atoms with E-state index in [1.54, 1.807) is 19.9 Å². The zero-order valence-corrected chi connectivity index (χ0v) is 27.1. The number of aliphatic hydroxyl groups excluding tert-OH is 3. The lowest BCUT2D eigenvalue weighted by atomic mass is 9.45. The highest BCUT2D eigenvalue weighted by Crippen LogP contribution is 2.68. The van der Waals surface area contributed by atoms with E-state index in [2.05, 4.69) is 15.9 Å². The molecule has 6 N–H and O–H groups in total. The Hall–Kier alpha value is -0.880. The molecule has 0 aliphatic heterocycles. The maximum atomic E-state index is 13.4. The molecule has 0 aromatic heterocycles. The van der Waals surface area contributed by atoms with Crippen LogP contribution in [0.1, 0.15) is 98.3 Å². The van der Waals surface area contributed by atoms with Crippen LogP contribution in [-0.4, -0.2) is 89.4 Å². The molecule has 0 heterocycles. The van der Waals surface area contributed by atoms with E-state index < -0.39 is 57.8 Å². The molecular formula is C32H51BrO9. The van der Waals surface area contributed by atoms with Crippen molar-refractivity contribution in [3.63, 3.8) is 0 Å². The smallest absolute Gasteiger partial charge is 0.316 e. The monoisotopic (exact) mass is 658 g/mol. The number of carbonyl (C=O) groups is 2. The lowest BCUT2D eigenvalue weighted by Gasteiger charge is -2.60. The number of unbranched alkanes of at least 4 members (excludes halogenated alkanes) is 1. The minimum Gasteiger partial charge on any atom is -0.465 e. The number of carbonyl (C=O) groups excluding carboxylic acids is 2. The summed E-state index contributed by atoms with van der Waals surface area (Å²) in [6.07, 6.45) is 3.38.